The first-order chi connectivity index (χ1) is 14.6. The Labute approximate surface area is 185 Å². The van der Waals surface area contributed by atoms with Crippen molar-refractivity contribution in [2.75, 3.05) is 11.0 Å². The highest BCUT2D eigenvalue weighted by molar-refractivity contribution is 7.92. The van der Waals surface area contributed by atoms with Crippen molar-refractivity contribution < 1.29 is 16.8 Å². The maximum Gasteiger partial charge on any atom is 0.261 e. The number of nitrogens with one attached hydrogen (secondary N) is 1. The monoisotopic (exact) mass is 472 g/mol. The highest BCUT2D eigenvalue weighted by atomic mass is 35.5. The van der Waals surface area contributed by atoms with Crippen molar-refractivity contribution in [3.63, 3.8) is 0 Å². The maximum absolute atomic E-state index is 12.8. The predicted octanol–water partition coefficient (Wildman–Crippen LogP) is 4.76. The molecule has 0 aliphatic carbocycles. The minimum absolute atomic E-state index is 0.0438. The van der Waals surface area contributed by atoms with E-state index in [0.29, 0.717) is 22.0 Å². The molecule has 0 saturated carbocycles. The van der Waals surface area contributed by atoms with Crippen LogP contribution in [0.15, 0.2) is 88.8 Å². The Balaban J connectivity index is 1.72. The number of sulfone groups is 1. The van der Waals surface area contributed by atoms with E-state index in [0.717, 1.165) is 17.0 Å². The molecule has 0 unspecified atom stereocenters. The van der Waals surface area contributed by atoms with Gasteiger partial charge in [-0.25, -0.2) is 16.8 Å². The molecule has 4 rings (SSSR count). The summed E-state index contributed by atoms with van der Waals surface area (Å²) in [5.41, 5.74) is 1.54. The summed E-state index contributed by atoms with van der Waals surface area (Å²) >= 11 is 6.41. The fraction of sp³-hybridized carbons (Fsp3) is 0.0455. The minimum atomic E-state index is -3.94. The van der Waals surface area contributed by atoms with E-state index < -0.39 is 19.9 Å². The van der Waals surface area contributed by atoms with Gasteiger partial charge in [0.2, 0.25) is 0 Å². The Morgan fingerprint density at radius 1 is 0.839 bits per heavy atom. The normalized spacial score (nSPS) is 12.1. The molecule has 0 aliphatic rings. The fourth-order valence-corrected chi connectivity index (χ4v) is 5.07. The molecule has 31 heavy (non-hydrogen) atoms. The predicted molar refractivity (Wildman–Crippen MR) is 123 cm³/mol. The van der Waals surface area contributed by atoms with Crippen LogP contribution in [-0.4, -0.2) is 28.1 Å². The first-order valence-corrected chi connectivity index (χ1v) is 12.9. The molecule has 1 aromatic heterocycles. The third-order valence-corrected chi connectivity index (χ3v) is 7.56. The molecule has 0 spiro atoms. The molecule has 0 fully saturated rings. The molecule has 6 nitrogen and oxygen atoms in total. The standard InChI is InChI=1S/C22H17ClN2O4S2/c1-30(26,27)17-7-9-18(10-8-17)31(28,29)25-16-6-11-21(23)20(14-16)22-19-5-3-2-4-15(19)12-13-24-22/h2-14,25H,1H3. The Morgan fingerprint density at radius 3 is 2.23 bits per heavy atom. The quantitative estimate of drug-likeness (QED) is 0.452. The van der Waals surface area contributed by atoms with Gasteiger partial charge in [0.05, 0.1) is 20.5 Å². The number of aromatic nitrogens is 1. The average Bonchev–Trinajstić information content (AvgIpc) is 2.74. The number of hydrogen-bond donors (Lipinski definition) is 1. The van der Waals surface area contributed by atoms with E-state index in [9.17, 15) is 16.8 Å². The second-order valence-corrected chi connectivity index (χ2v) is 11.0. The SMILES string of the molecule is CS(=O)(=O)c1ccc(S(=O)(=O)Nc2ccc(Cl)c(-c3nccc4ccccc34)c2)cc1. The number of pyridine rings is 1. The zero-order chi connectivity index (χ0) is 22.2. The van der Waals surface area contributed by atoms with E-state index in [1.165, 1.54) is 24.3 Å². The highest BCUT2D eigenvalue weighted by Gasteiger charge is 2.17. The van der Waals surface area contributed by atoms with Crippen molar-refractivity contribution in [2.45, 2.75) is 9.79 Å². The molecular weight excluding hydrogens is 456 g/mol. The molecule has 0 saturated heterocycles. The molecular formula is C22H17ClN2O4S2. The van der Waals surface area contributed by atoms with Crippen molar-refractivity contribution in [1.29, 1.82) is 0 Å². The van der Waals surface area contributed by atoms with Gasteiger partial charge in [-0.15, -0.1) is 0 Å². The average molecular weight is 473 g/mol. The summed E-state index contributed by atoms with van der Waals surface area (Å²) in [4.78, 5) is 4.44. The van der Waals surface area contributed by atoms with Crippen molar-refractivity contribution in [1.82, 2.24) is 4.98 Å². The third-order valence-electron chi connectivity index (χ3n) is 4.71. The van der Waals surface area contributed by atoms with E-state index >= 15 is 0 Å². The largest absolute Gasteiger partial charge is 0.280 e. The Bertz CT molecular complexity index is 1500. The molecule has 1 N–H and O–H groups in total. The maximum atomic E-state index is 12.8. The summed E-state index contributed by atoms with van der Waals surface area (Å²) in [7, 11) is -7.36. The van der Waals surface area contributed by atoms with Crippen LogP contribution in [0.1, 0.15) is 0 Å². The molecule has 1 heterocycles. The van der Waals surface area contributed by atoms with Crippen LogP contribution in [0.25, 0.3) is 22.0 Å². The van der Waals surface area contributed by atoms with E-state index in [2.05, 4.69) is 9.71 Å². The molecule has 3 aromatic carbocycles. The number of hydrogen-bond acceptors (Lipinski definition) is 5. The van der Waals surface area contributed by atoms with Crippen LogP contribution in [0, 0.1) is 0 Å². The lowest BCUT2D eigenvalue weighted by Gasteiger charge is -2.12. The number of sulfonamides is 1. The van der Waals surface area contributed by atoms with E-state index in [-0.39, 0.29) is 9.79 Å². The minimum Gasteiger partial charge on any atom is -0.280 e. The van der Waals surface area contributed by atoms with Gasteiger partial charge in [-0.05, 0) is 53.9 Å². The summed E-state index contributed by atoms with van der Waals surface area (Å²) in [6.07, 6.45) is 2.74. The van der Waals surface area contributed by atoms with Gasteiger partial charge in [-0.2, -0.15) is 0 Å². The molecule has 4 aromatic rings. The van der Waals surface area contributed by atoms with Gasteiger partial charge < -0.3 is 0 Å². The van der Waals surface area contributed by atoms with Gasteiger partial charge in [-0.1, -0.05) is 35.9 Å². The number of fused-ring (bicyclic) bond motifs is 1. The molecule has 0 aliphatic heterocycles. The van der Waals surface area contributed by atoms with Crippen molar-refractivity contribution in [3.8, 4) is 11.3 Å². The third kappa shape index (κ3) is 4.41. The molecule has 0 radical (unpaired) electrons. The van der Waals surface area contributed by atoms with Crippen molar-refractivity contribution in [3.05, 3.63) is 84.0 Å². The van der Waals surface area contributed by atoms with E-state index in [1.807, 2.05) is 30.3 Å². The fourth-order valence-electron chi connectivity index (χ4n) is 3.18. The lowest BCUT2D eigenvalue weighted by atomic mass is 10.0. The summed E-state index contributed by atoms with van der Waals surface area (Å²) < 4.78 is 51.3. The molecule has 9 heteroatoms. The summed E-state index contributed by atoms with van der Waals surface area (Å²) in [6.45, 7) is 0. The van der Waals surface area contributed by atoms with Crippen molar-refractivity contribution in [2.24, 2.45) is 0 Å². The van der Waals surface area contributed by atoms with Crippen LogP contribution >= 0.6 is 11.6 Å². The van der Waals surface area contributed by atoms with Crippen LogP contribution in [0.3, 0.4) is 0 Å². The summed E-state index contributed by atoms with van der Waals surface area (Å²) in [5, 5.41) is 2.31. The second kappa shape index (κ2) is 7.96. The number of benzene rings is 3. The molecule has 0 bridgehead atoms. The number of rotatable bonds is 5. The topological polar surface area (TPSA) is 93.2 Å². The molecule has 0 atom stereocenters. The van der Waals surface area contributed by atoms with Crippen LogP contribution in [0.4, 0.5) is 5.69 Å². The van der Waals surface area contributed by atoms with Gasteiger partial charge in [0, 0.05) is 29.1 Å². The van der Waals surface area contributed by atoms with Crippen LogP contribution in [0.5, 0.6) is 0 Å². The number of halogens is 1. The smallest absolute Gasteiger partial charge is 0.261 e. The first-order valence-electron chi connectivity index (χ1n) is 9.12. The first kappa shape index (κ1) is 21.3. The zero-order valence-corrected chi connectivity index (χ0v) is 18.7. The van der Waals surface area contributed by atoms with E-state index in [1.54, 1.807) is 24.4 Å². The van der Waals surface area contributed by atoms with Crippen LogP contribution < -0.4 is 4.72 Å². The van der Waals surface area contributed by atoms with Gasteiger partial charge in [0.1, 0.15) is 0 Å². The van der Waals surface area contributed by atoms with Gasteiger partial charge in [0.25, 0.3) is 10.0 Å². The number of anilines is 1. The lowest BCUT2D eigenvalue weighted by Crippen LogP contribution is -2.13. The Kier molecular flexibility index (Phi) is 5.47. The summed E-state index contributed by atoms with van der Waals surface area (Å²) in [5.74, 6) is 0. The van der Waals surface area contributed by atoms with Gasteiger partial charge >= 0.3 is 0 Å². The zero-order valence-electron chi connectivity index (χ0n) is 16.3. The molecule has 0 amide bonds. The van der Waals surface area contributed by atoms with Gasteiger partial charge in [0.15, 0.2) is 9.84 Å². The summed E-state index contributed by atoms with van der Waals surface area (Å²) in [6, 6.07) is 19.4. The van der Waals surface area contributed by atoms with Crippen molar-refractivity contribution >= 4 is 47.9 Å². The van der Waals surface area contributed by atoms with E-state index in [4.69, 9.17) is 11.6 Å². The Hall–Kier alpha value is -2.94. The lowest BCUT2D eigenvalue weighted by molar-refractivity contribution is 0.597. The number of nitrogens with zero attached hydrogens (tertiary/aromatic N) is 1. The van der Waals surface area contributed by atoms with Gasteiger partial charge in [-0.3, -0.25) is 9.71 Å². The highest BCUT2D eigenvalue weighted by Crippen LogP contribution is 2.34. The second-order valence-electron chi connectivity index (χ2n) is 6.92. The van der Waals surface area contributed by atoms with Crippen LogP contribution in [0.2, 0.25) is 5.02 Å². The Morgan fingerprint density at radius 2 is 1.52 bits per heavy atom. The molecule has 158 valence electrons. The van der Waals surface area contributed by atoms with Crippen LogP contribution in [-0.2, 0) is 19.9 Å².